The van der Waals surface area contributed by atoms with Gasteiger partial charge in [0, 0.05) is 5.41 Å². The molecule has 0 saturated heterocycles. The van der Waals surface area contributed by atoms with Crippen LogP contribution in [0.3, 0.4) is 0 Å². The summed E-state index contributed by atoms with van der Waals surface area (Å²) in [6.07, 6.45) is 2.27. The van der Waals surface area contributed by atoms with Crippen LogP contribution in [0.1, 0.15) is 33.6 Å². The molecule has 13 heavy (non-hydrogen) atoms. The molecule has 0 unspecified atom stereocenters. The smallest absolute Gasteiger partial charge is 0.225 e. The maximum atomic E-state index is 11.5. The lowest BCUT2D eigenvalue weighted by atomic mass is 9.95. The Morgan fingerprint density at radius 3 is 2.38 bits per heavy atom. The number of hydrogen-bond acceptors (Lipinski definition) is 2. The number of amides is 1. The van der Waals surface area contributed by atoms with Gasteiger partial charge in [0.2, 0.25) is 5.91 Å². The number of rotatable bonds is 3. The molecule has 1 aliphatic rings. The third kappa shape index (κ3) is 2.99. The van der Waals surface area contributed by atoms with Gasteiger partial charge in [-0.05, 0) is 18.8 Å². The van der Waals surface area contributed by atoms with E-state index in [9.17, 15) is 4.79 Å². The van der Waals surface area contributed by atoms with Gasteiger partial charge in [-0.3, -0.25) is 4.79 Å². The molecule has 3 heteroatoms. The van der Waals surface area contributed by atoms with Crippen LogP contribution in [-0.2, 0) is 4.79 Å². The lowest BCUT2D eigenvalue weighted by molar-refractivity contribution is -0.129. The minimum Gasteiger partial charge on any atom is -0.394 e. The van der Waals surface area contributed by atoms with Crippen molar-refractivity contribution in [1.29, 1.82) is 0 Å². The van der Waals surface area contributed by atoms with Crippen LogP contribution in [0.15, 0.2) is 0 Å². The van der Waals surface area contributed by atoms with E-state index in [1.54, 1.807) is 0 Å². The Bertz CT molecular complexity index is 192. The molecule has 1 aliphatic carbocycles. The van der Waals surface area contributed by atoms with E-state index in [2.05, 4.69) is 5.32 Å². The van der Waals surface area contributed by atoms with Gasteiger partial charge in [-0.15, -0.1) is 0 Å². The van der Waals surface area contributed by atoms with Crippen LogP contribution in [-0.4, -0.2) is 23.7 Å². The van der Waals surface area contributed by atoms with E-state index >= 15 is 0 Å². The predicted octanol–water partition coefficient (Wildman–Crippen LogP) is 0.920. The van der Waals surface area contributed by atoms with Crippen LogP contribution in [0, 0.1) is 11.3 Å². The van der Waals surface area contributed by atoms with Gasteiger partial charge in [0.15, 0.2) is 0 Å². The molecule has 0 radical (unpaired) electrons. The summed E-state index contributed by atoms with van der Waals surface area (Å²) in [4.78, 5) is 11.5. The Balaban J connectivity index is 2.41. The fourth-order valence-electron chi connectivity index (χ4n) is 1.20. The summed E-state index contributed by atoms with van der Waals surface area (Å²) in [5.41, 5.74) is -0.359. The monoisotopic (exact) mass is 185 g/mol. The number of aliphatic hydroxyl groups excluding tert-OH is 1. The number of hydrogen-bond donors (Lipinski definition) is 2. The minimum atomic E-state index is -0.359. The van der Waals surface area contributed by atoms with Crippen LogP contribution in [0.5, 0.6) is 0 Å². The second kappa shape index (κ2) is 3.66. The van der Waals surface area contributed by atoms with Crippen molar-refractivity contribution in [3.05, 3.63) is 0 Å². The Kier molecular flexibility index (Phi) is 2.96. The van der Waals surface area contributed by atoms with E-state index in [4.69, 9.17) is 5.11 Å². The zero-order valence-corrected chi connectivity index (χ0v) is 8.63. The van der Waals surface area contributed by atoms with Crippen LogP contribution in [0.25, 0.3) is 0 Å². The van der Waals surface area contributed by atoms with Crippen LogP contribution < -0.4 is 5.32 Å². The zero-order chi connectivity index (χ0) is 10.1. The van der Waals surface area contributed by atoms with Gasteiger partial charge in [-0.2, -0.15) is 0 Å². The number of aliphatic hydroxyl groups is 1. The first-order valence-electron chi connectivity index (χ1n) is 4.87. The maximum absolute atomic E-state index is 11.5. The molecule has 3 nitrogen and oxygen atoms in total. The van der Waals surface area contributed by atoms with Gasteiger partial charge < -0.3 is 10.4 Å². The Hall–Kier alpha value is -0.570. The molecule has 0 aliphatic heterocycles. The zero-order valence-electron chi connectivity index (χ0n) is 8.63. The minimum absolute atomic E-state index is 0.0216. The van der Waals surface area contributed by atoms with Gasteiger partial charge in [-0.1, -0.05) is 20.8 Å². The van der Waals surface area contributed by atoms with Gasteiger partial charge >= 0.3 is 0 Å². The van der Waals surface area contributed by atoms with Crippen molar-refractivity contribution in [3.8, 4) is 0 Å². The number of nitrogens with one attached hydrogen (secondary N) is 1. The SMILES string of the molecule is CC(C)(C)C(=O)N[C@@H](CO)C1CC1. The van der Waals surface area contributed by atoms with Crippen molar-refractivity contribution in [3.63, 3.8) is 0 Å². The summed E-state index contributed by atoms with van der Waals surface area (Å²) in [7, 11) is 0. The first kappa shape index (κ1) is 10.5. The molecule has 2 N–H and O–H groups in total. The molecule has 76 valence electrons. The highest BCUT2D eigenvalue weighted by Crippen LogP contribution is 2.32. The van der Waals surface area contributed by atoms with Gasteiger partial charge in [-0.25, -0.2) is 0 Å². The lowest BCUT2D eigenvalue weighted by Gasteiger charge is -2.22. The second-order valence-corrected chi connectivity index (χ2v) is 4.85. The van der Waals surface area contributed by atoms with Crippen LogP contribution in [0.2, 0.25) is 0 Å². The largest absolute Gasteiger partial charge is 0.394 e. The first-order chi connectivity index (χ1) is 5.95. The molecule has 0 aromatic carbocycles. The molecule has 1 rings (SSSR count). The van der Waals surface area contributed by atoms with Crippen LogP contribution in [0.4, 0.5) is 0 Å². The van der Waals surface area contributed by atoms with E-state index in [0.29, 0.717) is 5.92 Å². The molecule has 1 saturated carbocycles. The third-order valence-corrected chi connectivity index (χ3v) is 2.39. The van der Waals surface area contributed by atoms with Crippen molar-refractivity contribution in [2.45, 2.75) is 39.7 Å². The van der Waals surface area contributed by atoms with Crippen molar-refractivity contribution in [2.75, 3.05) is 6.61 Å². The second-order valence-electron chi connectivity index (χ2n) is 4.85. The predicted molar refractivity (Wildman–Crippen MR) is 51.2 cm³/mol. The highest BCUT2D eigenvalue weighted by atomic mass is 16.3. The normalized spacial score (nSPS) is 19.7. The summed E-state index contributed by atoms with van der Waals surface area (Å²) < 4.78 is 0. The summed E-state index contributed by atoms with van der Waals surface area (Å²) in [5, 5.41) is 11.9. The lowest BCUT2D eigenvalue weighted by Crippen LogP contribution is -2.44. The average molecular weight is 185 g/mol. The summed E-state index contributed by atoms with van der Waals surface area (Å²) in [5.74, 6) is 0.537. The van der Waals surface area contributed by atoms with Gasteiger partial charge in [0.05, 0.1) is 12.6 Å². The number of carbonyl (C=O) groups excluding carboxylic acids is 1. The Labute approximate surface area is 79.5 Å². The van der Waals surface area contributed by atoms with Crippen molar-refractivity contribution < 1.29 is 9.90 Å². The van der Waals surface area contributed by atoms with E-state index in [1.807, 2.05) is 20.8 Å². The molecule has 0 aromatic heterocycles. The number of carbonyl (C=O) groups is 1. The average Bonchev–Trinajstić information content (AvgIpc) is 2.80. The van der Waals surface area contributed by atoms with Crippen molar-refractivity contribution in [2.24, 2.45) is 11.3 Å². The van der Waals surface area contributed by atoms with E-state index in [-0.39, 0.29) is 24.0 Å². The Morgan fingerprint density at radius 2 is 2.08 bits per heavy atom. The molecule has 1 amide bonds. The molecule has 1 fully saturated rings. The molecule has 0 spiro atoms. The quantitative estimate of drug-likeness (QED) is 0.687. The van der Waals surface area contributed by atoms with Gasteiger partial charge in [0.1, 0.15) is 0 Å². The highest BCUT2D eigenvalue weighted by Gasteiger charge is 2.33. The first-order valence-corrected chi connectivity index (χ1v) is 4.87. The fourth-order valence-corrected chi connectivity index (χ4v) is 1.20. The third-order valence-electron chi connectivity index (χ3n) is 2.39. The van der Waals surface area contributed by atoms with E-state index in [1.165, 1.54) is 0 Å². The van der Waals surface area contributed by atoms with Crippen molar-refractivity contribution in [1.82, 2.24) is 5.32 Å². The highest BCUT2D eigenvalue weighted by molar-refractivity contribution is 5.81. The molecular weight excluding hydrogens is 166 g/mol. The molecular formula is C10H19NO2. The van der Waals surface area contributed by atoms with Crippen LogP contribution >= 0.6 is 0 Å². The summed E-state index contributed by atoms with van der Waals surface area (Å²) >= 11 is 0. The molecule has 0 aromatic rings. The van der Waals surface area contributed by atoms with E-state index < -0.39 is 0 Å². The van der Waals surface area contributed by atoms with Gasteiger partial charge in [0.25, 0.3) is 0 Å². The molecule has 1 atom stereocenters. The van der Waals surface area contributed by atoms with Crippen molar-refractivity contribution >= 4 is 5.91 Å². The maximum Gasteiger partial charge on any atom is 0.225 e. The standard InChI is InChI=1S/C10H19NO2/c1-10(2,3)9(13)11-8(6-12)7-4-5-7/h7-8,12H,4-6H2,1-3H3,(H,11,13)/t8-/m0/s1. The Morgan fingerprint density at radius 1 is 1.54 bits per heavy atom. The molecule has 0 heterocycles. The fraction of sp³-hybridized carbons (Fsp3) is 0.900. The summed E-state index contributed by atoms with van der Waals surface area (Å²) in [6, 6.07) is -0.0216. The molecule has 0 bridgehead atoms. The topological polar surface area (TPSA) is 49.3 Å². The summed E-state index contributed by atoms with van der Waals surface area (Å²) in [6.45, 7) is 5.70. The van der Waals surface area contributed by atoms with E-state index in [0.717, 1.165) is 12.8 Å².